The van der Waals surface area contributed by atoms with E-state index in [0.29, 0.717) is 25.3 Å². The van der Waals surface area contributed by atoms with E-state index >= 15 is 0 Å². The molecule has 6 nitrogen and oxygen atoms in total. The van der Waals surface area contributed by atoms with Crippen molar-refractivity contribution in [3.63, 3.8) is 0 Å². The van der Waals surface area contributed by atoms with E-state index in [-0.39, 0.29) is 17.4 Å². The van der Waals surface area contributed by atoms with Crippen LogP contribution >= 0.6 is 0 Å². The van der Waals surface area contributed by atoms with Gasteiger partial charge in [0, 0.05) is 38.7 Å². The van der Waals surface area contributed by atoms with Crippen molar-refractivity contribution in [3.05, 3.63) is 41.6 Å². The molecule has 2 heterocycles. The highest BCUT2D eigenvalue weighted by molar-refractivity contribution is 6.06. The summed E-state index contributed by atoms with van der Waals surface area (Å²) in [7, 11) is 1.62. The Kier molecular flexibility index (Phi) is 6.65. The number of amides is 1. The molecule has 0 radical (unpaired) electrons. The second-order valence-electron chi connectivity index (χ2n) is 8.52. The number of morpholine rings is 1. The third-order valence-corrected chi connectivity index (χ3v) is 4.75. The quantitative estimate of drug-likeness (QED) is 0.775. The molecule has 1 fully saturated rings. The van der Waals surface area contributed by atoms with Crippen molar-refractivity contribution < 1.29 is 14.3 Å². The fraction of sp³-hybridized carbons (Fsp3) is 0.545. The maximum Gasteiger partial charge on any atom is 0.252 e. The SMILES string of the molecule is COCCNC(=O)c1cc(C2CN(CC(C)(C)C)CCO2)nc2ccccc12. The zero-order valence-corrected chi connectivity index (χ0v) is 17.3. The highest BCUT2D eigenvalue weighted by Crippen LogP contribution is 2.27. The second-order valence-corrected chi connectivity index (χ2v) is 8.52. The van der Waals surface area contributed by atoms with Crippen LogP contribution in [0.25, 0.3) is 10.9 Å². The van der Waals surface area contributed by atoms with E-state index in [0.717, 1.165) is 36.2 Å². The van der Waals surface area contributed by atoms with Gasteiger partial charge in [-0.2, -0.15) is 0 Å². The predicted octanol–water partition coefficient (Wildman–Crippen LogP) is 3.03. The first kappa shape index (κ1) is 20.7. The summed E-state index contributed by atoms with van der Waals surface area (Å²) in [5.41, 5.74) is 2.49. The van der Waals surface area contributed by atoms with E-state index in [2.05, 4.69) is 31.0 Å². The van der Waals surface area contributed by atoms with Crippen LogP contribution in [0.15, 0.2) is 30.3 Å². The second kappa shape index (κ2) is 8.99. The molecule has 3 rings (SSSR count). The summed E-state index contributed by atoms with van der Waals surface area (Å²) in [6.07, 6.45) is -0.133. The number of nitrogens with zero attached hydrogens (tertiary/aromatic N) is 2. The molecule has 0 saturated carbocycles. The lowest BCUT2D eigenvalue weighted by Gasteiger charge is -2.36. The van der Waals surface area contributed by atoms with Crippen LogP contribution in [-0.4, -0.2) is 62.3 Å². The molecule has 28 heavy (non-hydrogen) atoms. The summed E-state index contributed by atoms with van der Waals surface area (Å²) < 4.78 is 11.1. The van der Waals surface area contributed by atoms with E-state index in [1.54, 1.807) is 7.11 Å². The van der Waals surface area contributed by atoms with E-state index < -0.39 is 0 Å². The molecule has 2 aromatic rings. The minimum Gasteiger partial charge on any atom is -0.383 e. The van der Waals surface area contributed by atoms with Gasteiger partial charge >= 0.3 is 0 Å². The molecule has 6 heteroatoms. The Labute approximate surface area is 167 Å². The van der Waals surface area contributed by atoms with Gasteiger partial charge in [0.2, 0.25) is 0 Å². The number of nitrogens with one attached hydrogen (secondary N) is 1. The number of aromatic nitrogens is 1. The largest absolute Gasteiger partial charge is 0.383 e. The number of hydrogen-bond donors (Lipinski definition) is 1. The maximum atomic E-state index is 12.8. The summed E-state index contributed by atoms with van der Waals surface area (Å²) in [5, 5.41) is 3.77. The lowest BCUT2D eigenvalue weighted by atomic mass is 9.95. The van der Waals surface area contributed by atoms with Crippen LogP contribution in [0, 0.1) is 5.41 Å². The first-order valence-corrected chi connectivity index (χ1v) is 9.88. The van der Waals surface area contributed by atoms with E-state index in [4.69, 9.17) is 14.5 Å². The maximum absolute atomic E-state index is 12.8. The Morgan fingerprint density at radius 2 is 2.14 bits per heavy atom. The molecule has 1 N–H and O–H groups in total. The van der Waals surface area contributed by atoms with Gasteiger partial charge in [0.15, 0.2) is 0 Å². The molecule has 1 aliphatic heterocycles. The van der Waals surface area contributed by atoms with Gasteiger partial charge in [-0.15, -0.1) is 0 Å². The average Bonchev–Trinajstić information content (AvgIpc) is 2.66. The first-order chi connectivity index (χ1) is 13.4. The number of methoxy groups -OCH3 is 1. The number of carbonyl (C=O) groups excluding carboxylic acids is 1. The standard InChI is InChI=1S/C22H31N3O3/c1-22(2,3)15-25-10-12-28-20(14-25)19-13-17(21(26)23-9-11-27-4)16-7-5-6-8-18(16)24-19/h5-8,13,20H,9-12,14-15H2,1-4H3,(H,23,26). The monoisotopic (exact) mass is 385 g/mol. The normalized spacial score (nSPS) is 18.4. The smallest absolute Gasteiger partial charge is 0.252 e. The van der Waals surface area contributed by atoms with Gasteiger partial charge in [-0.1, -0.05) is 39.0 Å². The molecule has 152 valence electrons. The zero-order chi connectivity index (χ0) is 20.1. The summed E-state index contributed by atoms with van der Waals surface area (Å²) >= 11 is 0. The molecule has 1 unspecified atom stereocenters. The van der Waals surface area contributed by atoms with Gasteiger partial charge in [-0.05, 0) is 17.5 Å². The number of benzene rings is 1. The highest BCUT2D eigenvalue weighted by atomic mass is 16.5. The van der Waals surface area contributed by atoms with Crippen LogP contribution in [0.3, 0.4) is 0 Å². The lowest BCUT2D eigenvalue weighted by Crippen LogP contribution is -2.42. The number of para-hydroxylation sites is 1. The van der Waals surface area contributed by atoms with Gasteiger partial charge < -0.3 is 14.8 Å². The van der Waals surface area contributed by atoms with Crippen molar-refractivity contribution in [3.8, 4) is 0 Å². The summed E-state index contributed by atoms with van der Waals surface area (Å²) in [4.78, 5) is 20.0. The molecule has 1 aromatic carbocycles. The van der Waals surface area contributed by atoms with E-state index in [1.807, 2.05) is 30.3 Å². The molecule has 1 atom stereocenters. The van der Waals surface area contributed by atoms with Crippen molar-refractivity contribution in [2.45, 2.75) is 26.9 Å². The van der Waals surface area contributed by atoms with Crippen LogP contribution in [0.4, 0.5) is 0 Å². The van der Waals surface area contributed by atoms with E-state index in [9.17, 15) is 4.79 Å². The molecule has 0 bridgehead atoms. The molecule has 1 amide bonds. The summed E-state index contributed by atoms with van der Waals surface area (Å²) in [6, 6.07) is 9.64. The van der Waals surface area contributed by atoms with Gasteiger partial charge in [-0.3, -0.25) is 9.69 Å². The van der Waals surface area contributed by atoms with Gasteiger partial charge in [0.1, 0.15) is 6.10 Å². The number of fused-ring (bicyclic) bond motifs is 1. The Bertz CT molecular complexity index is 816. The van der Waals surface area contributed by atoms with Crippen LogP contribution < -0.4 is 5.32 Å². The number of hydrogen-bond acceptors (Lipinski definition) is 5. The van der Waals surface area contributed by atoms with Gasteiger partial charge in [0.05, 0.1) is 30.0 Å². The fourth-order valence-electron chi connectivity index (χ4n) is 3.61. The molecule has 0 spiro atoms. The fourth-order valence-corrected chi connectivity index (χ4v) is 3.61. The molecular formula is C22H31N3O3. The molecule has 0 aliphatic carbocycles. The molecule has 1 aliphatic rings. The first-order valence-electron chi connectivity index (χ1n) is 9.88. The minimum absolute atomic E-state index is 0.112. The number of ether oxygens (including phenoxy) is 2. The van der Waals surface area contributed by atoms with Crippen LogP contribution in [0.1, 0.15) is 42.9 Å². The van der Waals surface area contributed by atoms with Crippen molar-refractivity contribution in [1.82, 2.24) is 15.2 Å². The topological polar surface area (TPSA) is 63.7 Å². The highest BCUT2D eigenvalue weighted by Gasteiger charge is 2.27. The van der Waals surface area contributed by atoms with Gasteiger partial charge in [0.25, 0.3) is 5.91 Å². The lowest BCUT2D eigenvalue weighted by molar-refractivity contribution is -0.0406. The third kappa shape index (κ3) is 5.28. The van der Waals surface area contributed by atoms with Crippen molar-refractivity contribution in [2.24, 2.45) is 5.41 Å². The average molecular weight is 386 g/mol. The van der Waals surface area contributed by atoms with Crippen LogP contribution in [-0.2, 0) is 9.47 Å². The number of carbonyl (C=O) groups is 1. The summed E-state index contributed by atoms with van der Waals surface area (Å²) in [5.74, 6) is -0.112. The number of pyridine rings is 1. The minimum atomic E-state index is -0.133. The van der Waals surface area contributed by atoms with E-state index in [1.165, 1.54) is 0 Å². The zero-order valence-electron chi connectivity index (χ0n) is 17.3. The van der Waals surface area contributed by atoms with Crippen molar-refractivity contribution in [1.29, 1.82) is 0 Å². The Balaban J connectivity index is 1.88. The van der Waals surface area contributed by atoms with Crippen molar-refractivity contribution >= 4 is 16.8 Å². The van der Waals surface area contributed by atoms with Gasteiger partial charge in [-0.25, -0.2) is 4.98 Å². The van der Waals surface area contributed by atoms with Crippen molar-refractivity contribution in [2.75, 3.05) is 46.5 Å². The third-order valence-electron chi connectivity index (χ3n) is 4.75. The molecular weight excluding hydrogens is 354 g/mol. The van der Waals surface area contributed by atoms with Crippen LogP contribution in [0.2, 0.25) is 0 Å². The Hall–Kier alpha value is -2.02. The Morgan fingerprint density at radius 3 is 2.89 bits per heavy atom. The summed E-state index contributed by atoms with van der Waals surface area (Å²) in [6.45, 7) is 11.1. The molecule has 1 aromatic heterocycles. The predicted molar refractivity (Wildman–Crippen MR) is 111 cm³/mol. The van der Waals surface area contributed by atoms with Crippen LogP contribution in [0.5, 0.6) is 0 Å². The number of rotatable bonds is 6. The Morgan fingerprint density at radius 1 is 1.36 bits per heavy atom. The molecule has 1 saturated heterocycles.